The summed E-state index contributed by atoms with van der Waals surface area (Å²) in [6.45, 7) is 2.95. The monoisotopic (exact) mass is 400 g/mol. The van der Waals surface area contributed by atoms with Crippen LogP contribution in [0.25, 0.3) is 11.0 Å². The van der Waals surface area contributed by atoms with Crippen LogP contribution < -0.4 is 5.32 Å². The lowest BCUT2D eigenvalue weighted by Crippen LogP contribution is -2.16. The number of non-ortho nitro benzene ring substituents is 1. The summed E-state index contributed by atoms with van der Waals surface area (Å²) >= 11 is 1.32. The highest BCUT2D eigenvalue weighted by atomic mass is 32.2. The first-order valence-corrected chi connectivity index (χ1v) is 9.60. The third-order valence-corrected chi connectivity index (χ3v) is 5.15. The molecule has 0 saturated carbocycles. The van der Waals surface area contributed by atoms with Crippen LogP contribution in [0.3, 0.4) is 0 Å². The Balaban J connectivity index is 1.73. The number of anilines is 1. The number of aryl methyl sites for hydroxylation is 1. The maximum atomic E-state index is 12.4. The van der Waals surface area contributed by atoms with Crippen LogP contribution in [0.4, 0.5) is 11.4 Å². The second-order valence-electron chi connectivity index (χ2n) is 6.12. The van der Waals surface area contributed by atoms with Crippen molar-refractivity contribution in [1.29, 1.82) is 0 Å². The fourth-order valence-corrected chi connectivity index (χ4v) is 3.58. The SMILES string of the molecule is COCCn1c(SCC(=O)Nc2cc([N+](=O)[O-])ccc2C)nc2ccccc21. The molecule has 0 fully saturated rings. The third-order valence-electron chi connectivity index (χ3n) is 4.18. The third kappa shape index (κ3) is 4.49. The van der Waals surface area contributed by atoms with Crippen molar-refractivity contribution in [2.75, 3.05) is 24.8 Å². The van der Waals surface area contributed by atoms with Gasteiger partial charge in [-0.1, -0.05) is 30.0 Å². The molecule has 0 saturated heterocycles. The number of nitrogens with one attached hydrogen (secondary N) is 1. The molecule has 0 bridgehead atoms. The minimum absolute atomic E-state index is 0.0603. The standard InChI is InChI=1S/C19H20N4O4S/c1-13-7-8-14(23(25)26)11-16(13)20-18(24)12-28-19-21-15-5-3-4-6-17(15)22(19)9-10-27-2/h3-8,11H,9-10,12H2,1-2H3,(H,20,24). The van der Waals surface area contributed by atoms with Crippen LogP contribution in [0, 0.1) is 17.0 Å². The molecule has 28 heavy (non-hydrogen) atoms. The van der Waals surface area contributed by atoms with Crippen molar-refractivity contribution in [3.63, 3.8) is 0 Å². The summed E-state index contributed by atoms with van der Waals surface area (Å²) in [5, 5.41) is 14.4. The van der Waals surface area contributed by atoms with Crippen LogP contribution in [0.1, 0.15) is 5.56 Å². The quantitative estimate of drug-likeness (QED) is 0.352. The molecule has 146 valence electrons. The van der Waals surface area contributed by atoms with Crippen LogP contribution in [0.15, 0.2) is 47.6 Å². The number of nitrogens with zero attached hydrogens (tertiary/aromatic N) is 3. The van der Waals surface area contributed by atoms with Gasteiger partial charge in [0.05, 0.1) is 34.0 Å². The zero-order valence-electron chi connectivity index (χ0n) is 15.5. The van der Waals surface area contributed by atoms with E-state index in [2.05, 4.69) is 10.3 Å². The number of fused-ring (bicyclic) bond motifs is 1. The summed E-state index contributed by atoms with van der Waals surface area (Å²) in [6.07, 6.45) is 0. The highest BCUT2D eigenvalue weighted by Gasteiger charge is 2.15. The Labute approximate surface area is 166 Å². The summed E-state index contributed by atoms with van der Waals surface area (Å²) in [4.78, 5) is 27.5. The van der Waals surface area contributed by atoms with E-state index in [-0.39, 0.29) is 17.3 Å². The number of rotatable bonds is 8. The second-order valence-corrected chi connectivity index (χ2v) is 7.06. The lowest BCUT2D eigenvalue weighted by molar-refractivity contribution is -0.384. The predicted molar refractivity (Wildman–Crippen MR) is 109 cm³/mol. The fraction of sp³-hybridized carbons (Fsp3) is 0.263. The van der Waals surface area contributed by atoms with Crippen LogP contribution in [-0.4, -0.2) is 39.9 Å². The van der Waals surface area contributed by atoms with Crippen molar-refractivity contribution in [1.82, 2.24) is 9.55 Å². The maximum Gasteiger partial charge on any atom is 0.271 e. The van der Waals surface area contributed by atoms with Crippen molar-refractivity contribution in [2.24, 2.45) is 0 Å². The van der Waals surface area contributed by atoms with Gasteiger partial charge in [0.1, 0.15) is 0 Å². The molecule has 1 amide bonds. The number of carbonyl (C=O) groups excluding carboxylic acids is 1. The lowest BCUT2D eigenvalue weighted by Gasteiger charge is -2.10. The number of nitro benzene ring substituents is 1. The summed E-state index contributed by atoms with van der Waals surface area (Å²) < 4.78 is 7.20. The van der Waals surface area contributed by atoms with Gasteiger partial charge >= 0.3 is 0 Å². The Morgan fingerprint density at radius 1 is 1.32 bits per heavy atom. The summed E-state index contributed by atoms with van der Waals surface area (Å²) in [7, 11) is 1.64. The normalized spacial score (nSPS) is 10.9. The summed E-state index contributed by atoms with van der Waals surface area (Å²) in [6, 6.07) is 12.2. The van der Waals surface area contributed by atoms with E-state index in [1.807, 2.05) is 28.8 Å². The topological polar surface area (TPSA) is 99.3 Å². The number of aromatic nitrogens is 2. The van der Waals surface area contributed by atoms with Crippen molar-refractivity contribution in [2.45, 2.75) is 18.6 Å². The van der Waals surface area contributed by atoms with Gasteiger partial charge in [-0.2, -0.15) is 0 Å². The Kier molecular flexibility index (Phi) is 6.27. The molecule has 0 spiro atoms. The molecule has 0 atom stereocenters. The predicted octanol–water partition coefficient (Wildman–Crippen LogP) is 3.63. The van der Waals surface area contributed by atoms with E-state index in [1.165, 1.54) is 23.9 Å². The number of thioether (sulfide) groups is 1. The molecule has 3 rings (SSSR count). The van der Waals surface area contributed by atoms with E-state index in [1.54, 1.807) is 20.1 Å². The highest BCUT2D eigenvalue weighted by Crippen LogP contribution is 2.25. The molecule has 0 aliphatic carbocycles. The van der Waals surface area contributed by atoms with Gasteiger partial charge < -0.3 is 14.6 Å². The number of hydrogen-bond donors (Lipinski definition) is 1. The van der Waals surface area contributed by atoms with Crippen LogP contribution in [-0.2, 0) is 16.1 Å². The molecule has 2 aromatic carbocycles. The lowest BCUT2D eigenvalue weighted by atomic mass is 10.2. The van der Waals surface area contributed by atoms with Crippen molar-refractivity contribution in [3.8, 4) is 0 Å². The number of hydrogen-bond acceptors (Lipinski definition) is 6. The van der Waals surface area contributed by atoms with Gasteiger partial charge in [0.2, 0.25) is 5.91 Å². The van der Waals surface area contributed by atoms with E-state index >= 15 is 0 Å². The largest absolute Gasteiger partial charge is 0.383 e. The highest BCUT2D eigenvalue weighted by molar-refractivity contribution is 7.99. The Bertz CT molecular complexity index is 1020. The molecular formula is C19H20N4O4S. The molecule has 0 radical (unpaired) electrons. The van der Waals surface area contributed by atoms with E-state index in [9.17, 15) is 14.9 Å². The Hall–Kier alpha value is -2.91. The molecule has 8 nitrogen and oxygen atoms in total. The summed E-state index contributed by atoms with van der Waals surface area (Å²) in [5.41, 5.74) is 2.98. The van der Waals surface area contributed by atoms with E-state index < -0.39 is 4.92 Å². The zero-order valence-corrected chi connectivity index (χ0v) is 16.4. The van der Waals surface area contributed by atoms with E-state index in [0.29, 0.717) is 18.8 Å². The van der Waals surface area contributed by atoms with Crippen LogP contribution >= 0.6 is 11.8 Å². The first-order valence-electron chi connectivity index (χ1n) is 8.61. The van der Waals surface area contributed by atoms with Gasteiger partial charge in [-0.05, 0) is 24.6 Å². The fourth-order valence-electron chi connectivity index (χ4n) is 2.74. The average molecular weight is 400 g/mol. The van der Waals surface area contributed by atoms with Crippen molar-refractivity contribution in [3.05, 3.63) is 58.1 Å². The van der Waals surface area contributed by atoms with Gasteiger partial charge in [0.25, 0.3) is 5.69 Å². The van der Waals surface area contributed by atoms with Gasteiger partial charge in [-0.25, -0.2) is 4.98 Å². The number of ether oxygens (including phenoxy) is 1. The van der Waals surface area contributed by atoms with Crippen molar-refractivity contribution >= 4 is 40.1 Å². The molecular weight excluding hydrogens is 380 g/mol. The van der Waals surface area contributed by atoms with E-state index in [4.69, 9.17) is 4.74 Å². The Morgan fingerprint density at radius 2 is 2.11 bits per heavy atom. The molecule has 1 N–H and O–H groups in total. The molecule has 3 aromatic rings. The molecule has 0 aliphatic rings. The number of methoxy groups -OCH3 is 1. The summed E-state index contributed by atoms with van der Waals surface area (Å²) in [5.74, 6) is -0.114. The number of para-hydroxylation sites is 2. The van der Waals surface area contributed by atoms with Gasteiger partial charge in [0, 0.05) is 25.8 Å². The molecule has 0 aliphatic heterocycles. The first kappa shape index (κ1) is 19.8. The number of amides is 1. The number of imidazole rings is 1. The molecule has 0 unspecified atom stereocenters. The number of benzene rings is 2. The van der Waals surface area contributed by atoms with Gasteiger partial charge in [-0.15, -0.1) is 0 Å². The number of nitro groups is 1. The first-order chi connectivity index (χ1) is 13.5. The average Bonchev–Trinajstić information content (AvgIpc) is 3.03. The van der Waals surface area contributed by atoms with Crippen LogP contribution in [0.5, 0.6) is 0 Å². The van der Waals surface area contributed by atoms with E-state index in [0.717, 1.165) is 21.8 Å². The minimum Gasteiger partial charge on any atom is -0.383 e. The van der Waals surface area contributed by atoms with Crippen LogP contribution in [0.2, 0.25) is 0 Å². The van der Waals surface area contributed by atoms with Gasteiger partial charge in [-0.3, -0.25) is 14.9 Å². The maximum absolute atomic E-state index is 12.4. The smallest absolute Gasteiger partial charge is 0.271 e. The van der Waals surface area contributed by atoms with Crippen molar-refractivity contribution < 1.29 is 14.5 Å². The molecule has 9 heteroatoms. The molecule has 1 heterocycles. The van der Waals surface area contributed by atoms with Gasteiger partial charge in [0.15, 0.2) is 5.16 Å². The molecule has 1 aromatic heterocycles. The Morgan fingerprint density at radius 3 is 2.86 bits per heavy atom. The second kappa shape index (κ2) is 8.85. The zero-order chi connectivity index (χ0) is 20.1. The number of carbonyl (C=O) groups is 1. The minimum atomic E-state index is -0.484.